The molecule has 1 aliphatic rings. The van der Waals surface area contributed by atoms with Crippen molar-refractivity contribution < 1.29 is 4.79 Å². The average Bonchev–Trinajstić information content (AvgIpc) is 3.16. The third-order valence-corrected chi connectivity index (χ3v) is 4.62. The summed E-state index contributed by atoms with van der Waals surface area (Å²) in [6.45, 7) is 5.89. The molecule has 3 aromatic rings. The van der Waals surface area contributed by atoms with Crippen molar-refractivity contribution in [2.75, 3.05) is 6.54 Å². The molecule has 0 bridgehead atoms. The summed E-state index contributed by atoms with van der Waals surface area (Å²) in [5.41, 5.74) is 1.28. The van der Waals surface area contributed by atoms with Crippen LogP contribution in [0.1, 0.15) is 42.6 Å². The maximum atomic E-state index is 13.2. The van der Waals surface area contributed by atoms with Crippen LogP contribution in [-0.2, 0) is 6.54 Å². The van der Waals surface area contributed by atoms with Crippen LogP contribution in [0.15, 0.2) is 43.0 Å². The monoisotopic (exact) mass is 323 g/mol. The molecule has 6 nitrogen and oxygen atoms in total. The highest BCUT2D eigenvalue weighted by Gasteiger charge is 2.34. The zero-order chi connectivity index (χ0) is 16.7. The highest BCUT2D eigenvalue weighted by molar-refractivity contribution is 5.93. The number of nitrogens with zero attached hydrogens (tertiary/aromatic N) is 5. The zero-order valence-corrected chi connectivity index (χ0v) is 14.0. The number of carbonyl (C=O) groups is 1. The fourth-order valence-electron chi connectivity index (χ4n) is 3.54. The first-order chi connectivity index (χ1) is 11.6. The number of pyridine rings is 1. The van der Waals surface area contributed by atoms with Crippen LogP contribution in [0.3, 0.4) is 0 Å². The van der Waals surface area contributed by atoms with Gasteiger partial charge in [0.15, 0.2) is 0 Å². The average molecular weight is 323 g/mol. The fourth-order valence-corrected chi connectivity index (χ4v) is 3.54. The summed E-state index contributed by atoms with van der Waals surface area (Å²) < 4.78 is 4.05. The zero-order valence-electron chi connectivity index (χ0n) is 14.0. The van der Waals surface area contributed by atoms with E-state index in [4.69, 9.17) is 0 Å². The molecule has 0 radical (unpaired) electrons. The van der Waals surface area contributed by atoms with Crippen LogP contribution in [0.2, 0.25) is 0 Å². The van der Waals surface area contributed by atoms with E-state index in [1.807, 2.05) is 52.3 Å². The van der Waals surface area contributed by atoms with Crippen LogP contribution in [0.5, 0.6) is 0 Å². The van der Waals surface area contributed by atoms with Gasteiger partial charge in [0.25, 0.3) is 5.91 Å². The van der Waals surface area contributed by atoms with E-state index in [0.29, 0.717) is 5.69 Å². The lowest BCUT2D eigenvalue weighted by atomic mass is 10.0. The molecule has 4 rings (SSSR count). The lowest BCUT2D eigenvalue weighted by Gasteiger charge is -2.31. The summed E-state index contributed by atoms with van der Waals surface area (Å²) in [4.78, 5) is 24.2. The Labute approximate surface area is 140 Å². The van der Waals surface area contributed by atoms with Crippen LogP contribution >= 0.6 is 0 Å². The van der Waals surface area contributed by atoms with Gasteiger partial charge in [0.1, 0.15) is 17.2 Å². The van der Waals surface area contributed by atoms with Gasteiger partial charge in [0.05, 0.1) is 6.04 Å². The molecule has 0 spiro atoms. The smallest absolute Gasteiger partial charge is 0.274 e. The predicted octanol–water partition coefficient (Wildman–Crippen LogP) is 2.77. The number of imidazole rings is 2. The molecule has 3 aromatic heterocycles. The van der Waals surface area contributed by atoms with E-state index < -0.39 is 0 Å². The van der Waals surface area contributed by atoms with Gasteiger partial charge in [-0.1, -0.05) is 19.9 Å². The number of aryl methyl sites for hydroxylation is 1. The molecule has 124 valence electrons. The van der Waals surface area contributed by atoms with Crippen LogP contribution in [0.25, 0.3) is 5.65 Å². The Balaban J connectivity index is 1.74. The molecule has 0 aliphatic carbocycles. The van der Waals surface area contributed by atoms with Gasteiger partial charge in [-0.15, -0.1) is 0 Å². The molecule has 6 heteroatoms. The van der Waals surface area contributed by atoms with Crippen LogP contribution in [0.4, 0.5) is 0 Å². The summed E-state index contributed by atoms with van der Waals surface area (Å²) in [6, 6.07) is 5.74. The number of aromatic nitrogens is 4. The molecule has 0 saturated heterocycles. The summed E-state index contributed by atoms with van der Waals surface area (Å²) in [5.74, 6) is 1.23. The minimum atomic E-state index is -0.0280. The summed E-state index contributed by atoms with van der Waals surface area (Å²) in [6.07, 6.45) is 8.47. The van der Waals surface area contributed by atoms with Gasteiger partial charge >= 0.3 is 0 Å². The first-order valence-electron chi connectivity index (χ1n) is 8.41. The second-order valence-electron chi connectivity index (χ2n) is 6.61. The Hall–Kier alpha value is -2.63. The molecular formula is C18H21N5O. The van der Waals surface area contributed by atoms with Crippen LogP contribution in [-0.4, -0.2) is 36.3 Å². The van der Waals surface area contributed by atoms with Crippen molar-refractivity contribution in [3.8, 4) is 0 Å². The van der Waals surface area contributed by atoms with Crippen molar-refractivity contribution in [1.29, 1.82) is 0 Å². The maximum Gasteiger partial charge on any atom is 0.274 e. The molecule has 0 aromatic carbocycles. The minimum Gasteiger partial charge on any atom is -0.333 e. The van der Waals surface area contributed by atoms with Gasteiger partial charge < -0.3 is 13.9 Å². The fraction of sp³-hybridized carbons (Fsp3) is 0.389. The number of fused-ring (bicyclic) bond motifs is 2. The second kappa shape index (κ2) is 5.78. The Morgan fingerprint density at radius 2 is 2.12 bits per heavy atom. The van der Waals surface area contributed by atoms with E-state index >= 15 is 0 Å². The maximum absolute atomic E-state index is 13.2. The van der Waals surface area contributed by atoms with E-state index in [9.17, 15) is 4.79 Å². The van der Waals surface area contributed by atoms with Gasteiger partial charge in [0, 0.05) is 37.9 Å². The van der Waals surface area contributed by atoms with Crippen molar-refractivity contribution in [2.45, 2.75) is 32.9 Å². The summed E-state index contributed by atoms with van der Waals surface area (Å²) >= 11 is 0. The first kappa shape index (κ1) is 14.9. The van der Waals surface area contributed by atoms with E-state index in [0.717, 1.165) is 31.0 Å². The van der Waals surface area contributed by atoms with E-state index in [1.165, 1.54) is 0 Å². The quantitative estimate of drug-likeness (QED) is 0.729. The van der Waals surface area contributed by atoms with Gasteiger partial charge in [-0.3, -0.25) is 4.79 Å². The largest absolute Gasteiger partial charge is 0.333 e. The lowest BCUT2D eigenvalue weighted by molar-refractivity contribution is 0.0616. The SMILES string of the molecule is CC(C)C1c2nccn2CCCN1C(=O)c1cn2ccccc2n1. The molecule has 0 N–H and O–H groups in total. The molecule has 0 saturated carbocycles. The van der Waals surface area contributed by atoms with E-state index in [1.54, 1.807) is 0 Å². The van der Waals surface area contributed by atoms with Crippen molar-refractivity contribution in [2.24, 2.45) is 5.92 Å². The molecule has 1 aliphatic heterocycles. The summed E-state index contributed by atoms with van der Waals surface area (Å²) in [5, 5.41) is 0. The standard InChI is InChI=1S/C18H21N5O/c1-13(2)16-17-19-7-11-21(17)9-5-10-23(16)18(24)14-12-22-8-4-3-6-15(22)20-14/h3-4,6-8,11-13,16H,5,9-10H2,1-2H3. The van der Waals surface area contributed by atoms with Gasteiger partial charge in [-0.2, -0.15) is 0 Å². The van der Waals surface area contributed by atoms with E-state index in [-0.39, 0.29) is 17.9 Å². The molecule has 4 heterocycles. The first-order valence-corrected chi connectivity index (χ1v) is 8.41. The summed E-state index contributed by atoms with van der Waals surface area (Å²) in [7, 11) is 0. The number of amides is 1. The predicted molar refractivity (Wildman–Crippen MR) is 90.7 cm³/mol. The van der Waals surface area contributed by atoms with Gasteiger partial charge in [0.2, 0.25) is 0 Å². The number of hydrogen-bond acceptors (Lipinski definition) is 3. The third-order valence-electron chi connectivity index (χ3n) is 4.62. The molecular weight excluding hydrogens is 302 g/mol. The molecule has 1 unspecified atom stereocenters. The Morgan fingerprint density at radius 3 is 2.92 bits per heavy atom. The number of rotatable bonds is 2. The van der Waals surface area contributed by atoms with Crippen LogP contribution in [0, 0.1) is 5.92 Å². The molecule has 24 heavy (non-hydrogen) atoms. The molecule has 1 atom stereocenters. The van der Waals surface area contributed by atoms with Crippen molar-refractivity contribution in [1.82, 2.24) is 23.8 Å². The normalized spacial score (nSPS) is 18.0. The number of hydrogen-bond donors (Lipinski definition) is 0. The van der Waals surface area contributed by atoms with Crippen LogP contribution < -0.4 is 0 Å². The molecule has 1 amide bonds. The van der Waals surface area contributed by atoms with Gasteiger partial charge in [-0.25, -0.2) is 9.97 Å². The minimum absolute atomic E-state index is 0.0196. The van der Waals surface area contributed by atoms with Crippen molar-refractivity contribution in [3.63, 3.8) is 0 Å². The Kier molecular flexibility index (Phi) is 3.59. The highest BCUT2D eigenvalue weighted by atomic mass is 16.2. The Bertz CT molecular complexity index is 845. The molecule has 0 fully saturated rings. The Morgan fingerprint density at radius 1 is 1.25 bits per heavy atom. The van der Waals surface area contributed by atoms with Crippen molar-refractivity contribution >= 4 is 11.6 Å². The third kappa shape index (κ3) is 2.38. The highest BCUT2D eigenvalue weighted by Crippen LogP contribution is 2.31. The van der Waals surface area contributed by atoms with E-state index in [2.05, 4.69) is 28.4 Å². The second-order valence-corrected chi connectivity index (χ2v) is 6.61. The van der Waals surface area contributed by atoms with Crippen molar-refractivity contribution in [3.05, 3.63) is 54.5 Å². The number of carbonyl (C=O) groups excluding carboxylic acids is 1. The topological polar surface area (TPSA) is 55.4 Å². The van der Waals surface area contributed by atoms with Gasteiger partial charge in [-0.05, 0) is 24.5 Å². The lowest BCUT2D eigenvalue weighted by Crippen LogP contribution is -2.38.